The Morgan fingerprint density at radius 3 is 2.50 bits per heavy atom. The molecular weight excluding hydrogens is 350 g/mol. The molecule has 130 valence electrons. The molecule has 7 nitrogen and oxygen atoms in total. The van der Waals surface area contributed by atoms with Crippen LogP contribution >= 0.6 is 11.8 Å². The molecule has 1 aromatic carbocycles. The highest BCUT2D eigenvalue weighted by Gasteiger charge is 2.38. The maximum absolute atomic E-state index is 12.2. The van der Waals surface area contributed by atoms with Gasteiger partial charge in [0.1, 0.15) is 0 Å². The lowest BCUT2D eigenvalue weighted by molar-refractivity contribution is -0.118. The predicted octanol–water partition coefficient (Wildman–Crippen LogP) is 1.23. The van der Waals surface area contributed by atoms with E-state index in [1.54, 1.807) is 11.8 Å². The number of hydrogen-bond donors (Lipinski definition) is 2. The topological polar surface area (TPSA) is 105 Å². The van der Waals surface area contributed by atoms with Crippen LogP contribution in [0.5, 0.6) is 0 Å². The van der Waals surface area contributed by atoms with Crippen LogP contribution < -0.4 is 10.0 Å². The zero-order valence-corrected chi connectivity index (χ0v) is 15.0. The second-order valence-corrected chi connectivity index (χ2v) is 8.36. The number of carbonyl (C=O) groups excluding carboxylic acids is 2. The second kappa shape index (κ2) is 7.91. The number of benzene rings is 1. The van der Waals surface area contributed by atoms with E-state index in [0.717, 1.165) is 5.75 Å². The van der Waals surface area contributed by atoms with Crippen molar-refractivity contribution in [3.05, 3.63) is 35.4 Å². The van der Waals surface area contributed by atoms with E-state index in [4.69, 9.17) is 0 Å². The van der Waals surface area contributed by atoms with Gasteiger partial charge in [-0.25, -0.2) is 22.9 Å². The van der Waals surface area contributed by atoms with Crippen LogP contribution in [0.2, 0.25) is 0 Å². The lowest BCUT2D eigenvalue weighted by atomic mass is 10.2. The van der Waals surface area contributed by atoms with Crippen molar-refractivity contribution in [2.45, 2.75) is 24.9 Å². The summed E-state index contributed by atoms with van der Waals surface area (Å²) in [5.74, 6) is 0.476. The highest BCUT2D eigenvalue weighted by Crippen LogP contribution is 2.13. The molecule has 0 radical (unpaired) electrons. The minimum absolute atomic E-state index is 0.0245. The van der Waals surface area contributed by atoms with E-state index in [9.17, 15) is 18.0 Å². The van der Waals surface area contributed by atoms with Crippen molar-refractivity contribution in [1.29, 1.82) is 0 Å². The molecule has 9 heteroatoms. The molecule has 24 heavy (non-hydrogen) atoms. The largest absolute Gasteiger partial charge is 0.347 e. The van der Waals surface area contributed by atoms with Gasteiger partial charge in [0.2, 0.25) is 10.0 Å². The number of urea groups is 1. The molecule has 0 saturated carbocycles. The molecule has 1 heterocycles. The Labute approximate surface area is 145 Å². The summed E-state index contributed by atoms with van der Waals surface area (Å²) in [5.41, 5.74) is 2.34. The molecule has 3 amide bonds. The Morgan fingerprint density at radius 2 is 1.88 bits per heavy atom. The first-order chi connectivity index (χ1) is 11.3. The zero-order valence-electron chi connectivity index (χ0n) is 13.4. The molecule has 0 aliphatic carbocycles. The SMILES string of the molecule is CC1=NC(=O)NC(=O)C1S(=O)(=O)NCCSCc1ccc(C)cc1. The number of thioether (sulfide) groups is 1. The summed E-state index contributed by atoms with van der Waals surface area (Å²) in [6, 6.07) is 7.30. The van der Waals surface area contributed by atoms with E-state index in [-0.39, 0.29) is 12.3 Å². The van der Waals surface area contributed by atoms with Gasteiger partial charge in [0.25, 0.3) is 5.91 Å². The first-order valence-electron chi connectivity index (χ1n) is 7.31. The van der Waals surface area contributed by atoms with Crippen LogP contribution in [0.3, 0.4) is 0 Å². The number of imide groups is 1. The minimum Gasteiger partial charge on any atom is -0.275 e. The number of rotatable bonds is 7. The van der Waals surface area contributed by atoms with Crippen LogP contribution in [-0.4, -0.2) is 43.6 Å². The maximum atomic E-state index is 12.2. The fourth-order valence-electron chi connectivity index (χ4n) is 2.19. The minimum atomic E-state index is -3.91. The number of aliphatic imine (C=N–C) groups is 1. The molecule has 1 atom stereocenters. The first-order valence-corrected chi connectivity index (χ1v) is 10.0. The maximum Gasteiger partial charge on any atom is 0.347 e. The van der Waals surface area contributed by atoms with E-state index in [0.29, 0.717) is 5.75 Å². The van der Waals surface area contributed by atoms with E-state index < -0.39 is 27.2 Å². The van der Waals surface area contributed by atoms with Gasteiger partial charge in [-0.15, -0.1) is 0 Å². The third-order valence-electron chi connectivity index (χ3n) is 3.37. The highest BCUT2D eigenvalue weighted by atomic mass is 32.2. The van der Waals surface area contributed by atoms with Gasteiger partial charge < -0.3 is 0 Å². The quantitative estimate of drug-likeness (QED) is 0.703. The Hall–Kier alpha value is -1.71. The summed E-state index contributed by atoms with van der Waals surface area (Å²) in [5, 5.41) is 0.443. The summed E-state index contributed by atoms with van der Waals surface area (Å²) in [4.78, 5) is 26.3. The van der Waals surface area contributed by atoms with Crippen LogP contribution in [0, 0.1) is 6.92 Å². The molecule has 1 aliphatic rings. The zero-order chi connectivity index (χ0) is 17.7. The number of hydrogen-bond acceptors (Lipinski definition) is 5. The van der Waals surface area contributed by atoms with Crippen LogP contribution in [0.25, 0.3) is 0 Å². The number of nitrogens with zero attached hydrogens (tertiary/aromatic N) is 1. The predicted molar refractivity (Wildman–Crippen MR) is 94.7 cm³/mol. The number of sulfonamides is 1. The molecule has 0 aromatic heterocycles. The molecule has 1 aromatic rings. The second-order valence-electron chi connectivity index (χ2n) is 5.41. The first kappa shape index (κ1) is 18.6. The summed E-state index contributed by atoms with van der Waals surface area (Å²) < 4.78 is 26.8. The molecule has 1 unspecified atom stereocenters. The average molecular weight is 369 g/mol. The third-order valence-corrected chi connectivity index (χ3v) is 6.19. The van der Waals surface area contributed by atoms with Gasteiger partial charge in [0, 0.05) is 23.8 Å². The van der Waals surface area contributed by atoms with Crippen molar-refractivity contribution in [3.8, 4) is 0 Å². The lowest BCUT2D eigenvalue weighted by Gasteiger charge is -2.20. The van der Waals surface area contributed by atoms with Crippen molar-refractivity contribution >= 4 is 39.4 Å². The highest BCUT2D eigenvalue weighted by molar-refractivity contribution is 7.98. The summed E-state index contributed by atoms with van der Waals surface area (Å²) in [7, 11) is -3.91. The number of amides is 3. The monoisotopic (exact) mass is 369 g/mol. The molecule has 2 N–H and O–H groups in total. The van der Waals surface area contributed by atoms with Crippen LogP contribution in [0.15, 0.2) is 29.3 Å². The molecule has 0 bridgehead atoms. The van der Waals surface area contributed by atoms with Crippen molar-refractivity contribution in [2.75, 3.05) is 12.3 Å². The van der Waals surface area contributed by atoms with Crippen LogP contribution in [0.1, 0.15) is 18.1 Å². The molecular formula is C15H19N3O4S2. The van der Waals surface area contributed by atoms with Gasteiger partial charge >= 0.3 is 6.03 Å². The Balaban J connectivity index is 1.82. The van der Waals surface area contributed by atoms with Crippen molar-refractivity contribution < 1.29 is 18.0 Å². The van der Waals surface area contributed by atoms with Gasteiger partial charge in [-0.1, -0.05) is 29.8 Å². The third kappa shape index (κ3) is 4.89. The lowest BCUT2D eigenvalue weighted by Crippen LogP contribution is -2.53. The van der Waals surface area contributed by atoms with Crippen molar-refractivity contribution in [3.63, 3.8) is 0 Å². The van der Waals surface area contributed by atoms with Crippen LogP contribution in [0.4, 0.5) is 4.79 Å². The smallest absolute Gasteiger partial charge is 0.275 e. The summed E-state index contributed by atoms with van der Waals surface area (Å²) in [6.07, 6.45) is 0. The standard InChI is InChI=1S/C15H19N3O4S2/c1-10-3-5-12(6-4-10)9-23-8-7-16-24(21,22)13-11(2)17-15(20)18-14(13)19/h3-6,13,16H,7-9H2,1-2H3,(H,18,19,20). The molecule has 0 spiro atoms. The fourth-order valence-corrected chi connectivity index (χ4v) is 4.53. The number of nitrogens with one attached hydrogen (secondary N) is 2. The Bertz CT molecular complexity index is 757. The molecule has 2 rings (SSSR count). The van der Waals surface area contributed by atoms with Crippen LogP contribution in [-0.2, 0) is 20.6 Å². The van der Waals surface area contributed by atoms with Gasteiger partial charge in [-0.3, -0.25) is 10.1 Å². The number of carbonyl (C=O) groups is 2. The molecule has 0 saturated heterocycles. The van der Waals surface area contributed by atoms with E-state index in [1.165, 1.54) is 18.1 Å². The average Bonchev–Trinajstić information content (AvgIpc) is 2.47. The van der Waals surface area contributed by atoms with Gasteiger partial charge in [0.15, 0.2) is 5.25 Å². The normalized spacial score (nSPS) is 18.2. The molecule has 1 aliphatic heterocycles. The number of aryl methyl sites for hydroxylation is 1. The van der Waals surface area contributed by atoms with E-state index >= 15 is 0 Å². The Morgan fingerprint density at radius 1 is 1.21 bits per heavy atom. The fraction of sp³-hybridized carbons (Fsp3) is 0.400. The van der Waals surface area contributed by atoms with Crippen molar-refractivity contribution in [2.24, 2.45) is 4.99 Å². The van der Waals surface area contributed by atoms with Gasteiger partial charge in [-0.05, 0) is 19.4 Å². The van der Waals surface area contributed by atoms with Crippen molar-refractivity contribution in [1.82, 2.24) is 10.0 Å². The van der Waals surface area contributed by atoms with E-state index in [2.05, 4.69) is 9.71 Å². The van der Waals surface area contributed by atoms with E-state index in [1.807, 2.05) is 36.5 Å². The molecule has 0 fully saturated rings. The summed E-state index contributed by atoms with van der Waals surface area (Å²) in [6.45, 7) is 3.57. The summed E-state index contributed by atoms with van der Waals surface area (Å²) >= 11 is 1.59. The Kier molecular flexibility index (Phi) is 6.14. The van der Waals surface area contributed by atoms with Gasteiger partial charge in [0.05, 0.1) is 0 Å². The van der Waals surface area contributed by atoms with Gasteiger partial charge in [-0.2, -0.15) is 11.8 Å².